The minimum atomic E-state index is -0.341. The molecule has 1 N–H and O–H groups in total. The lowest BCUT2D eigenvalue weighted by atomic mass is 10.2. The summed E-state index contributed by atoms with van der Waals surface area (Å²) in [4.78, 5) is 17.7. The highest BCUT2D eigenvalue weighted by Gasteiger charge is 2.23. The number of fused-ring (bicyclic) bond motifs is 1. The first-order valence-electron chi connectivity index (χ1n) is 5.26. The maximum Gasteiger partial charge on any atom is 0.251 e. The van der Waals surface area contributed by atoms with Crippen molar-refractivity contribution in [1.29, 1.82) is 0 Å². The van der Waals surface area contributed by atoms with Crippen molar-refractivity contribution < 1.29 is 9.47 Å². The molecule has 0 saturated carbocycles. The van der Waals surface area contributed by atoms with Gasteiger partial charge in [-0.1, -0.05) is 12.1 Å². The van der Waals surface area contributed by atoms with Crippen LogP contribution in [0.5, 0.6) is 11.5 Å². The van der Waals surface area contributed by atoms with E-state index in [-0.39, 0.29) is 11.7 Å². The summed E-state index contributed by atoms with van der Waals surface area (Å²) in [7, 11) is 0. The molecule has 1 aliphatic heterocycles. The third-order valence-electron chi connectivity index (χ3n) is 2.54. The number of aromatic amines is 1. The van der Waals surface area contributed by atoms with Gasteiger partial charge in [0.25, 0.3) is 5.56 Å². The molecule has 0 unspecified atom stereocenters. The van der Waals surface area contributed by atoms with E-state index in [1.807, 2.05) is 24.3 Å². The Bertz CT molecular complexity index is 594. The molecule has 1 atom stereocenters. The van der Waals surface area contributed by atoms with Crippen LogP contribution in [0.1, 0.15) is 11.8 Å². The minimum Gasteiger partial charge on any atom is -0.485 e. The van der Waals surface area contributed by atoms with Crippen LogP contribution in [0.4, 0.5) is 0 Å². The smallest absolute Gasteiger partial charge is 0.251 e. The second-order valence-corrected chi connectivity index (χ2v) is 3.70. The molecule has 1 aliphatic rings. The maximum atomic E-state index is 11.2. The van der Waals surface area contributed by atoms with E-state index in [1.165, 1.54) is 12.4 Å². The number of nitrogens with one attached hydrogen (secondary N) is 1. The van der Waals surface area contributed by atoms with Crippen molar-refractivity contribution in [3.63, 3.8) is 0 Å². The summed E-state index contributed by atoms with van der Waals surface area (Å²) < 4.78 is 11.3. The van der Waals surface area contributed by atoms with Gasteiger partial charge >= 0.3 is 0 Å². The van der Waals surface area contributed by atoms with Gasteiger partial charge in [-0.05, 0) is 12.1 Å². The van der Waals surface area contributed by atoms with E-state index in [0.29, 0.717) is 23.8 Å². The highest BCUT2D eigenvalue weighted by molar-refractivity contribution is 5.41. The lowest BCUT2D eigenvalue weighted by Gasteiger charge is -2.25. The molecule has 3 rings (SSSR count). The molecular formula is C12H10N2O3. The molecule has 0 amide bonds. The first-order valence-corrected chi connectivity index (χ1v) is 5.26. The zero-order valence-electron chi connectivity index (χ0n) is 8.92. The average molecular weight is 230 g/mol. The summed E-state index contributed by atoms with van der Waals surface area (Å²) in [6.45, 7) is 0.355. The molecule has 5 heteroatoms. The van der Waals surface area contributed by atoms with E-state index in [4.69, 9.17) is 9.47 Å². The molecule has 0 saturated heterocycles. The Balaban J connectivity index is 1.92. The predicted molar refractivity (Wildman–Crippen MR) is 60.2 cm³/mol. The number of H-pyrrole nitrogens is 1. The van der Waals surface area contributed by atoms with Crippen LogP contribution in [-0.4, -0.2) is 16.6 Å². The fraction of sp³-hybridized carbons (Fsp3) is 0.167. The van der Waals surface area contributed by atoms with Crippen molar-refractivity contribution >= 4 is 0 Å². The first-order chi connectivity index (χ1) is 8.33. The van der Waals surface area contributed by atoms with Gasteiger partial charge in [-0.25, -0.2) is 4.98 Å². The van der Waals surface area contributed by atoms with Crippen molar-refractivity contribution in [1.82, 2.24) is 9.97 Å². The van der Waals surface area contributed by atoms with Gasteiger partial charge < -0.3 is 14.5 Å². The Morgan fingerprint density at radius 3 is 2.94 bits per heavy atom. The summed E-state index contributed by atoms with van der Waals surface area (Å²) in [6, 6.07) is 8.84. The summed E-state index contributed by atoms with van der Waals surface area (Å²) in [5.41, 5.74) is 0.376. The first kappa shape index (κ1) is 9.89. The van der Waals surface area contributed by atoms with Crippen LogP contribution in [0.25, 0.3) is 0 Å². The Kier molecular flexibility index (Phi) is 2.29. The van der Waals surface area contributed by atoms with Gasteiger partial charge in [-0.2, -0.15) is 0 Å². The van der Waals surface area contributed by atoms with E-state index in [0.717, 1.165) is 0 Å². The summed E-state index contributed by atoms with van der Waals surface area (Å²) in [5.74, 6) is 1.39. The molecule has 1 aromatic carbocycles. The summed E-state index contributed by atoms with van der Waals surface area (Å²) in [5, 5.41) is 0. The van der Waals surface area contributed by atoms with Crippen LogP contribution >= 0.6 is 0 Å². The second kappa shape index (κ2) is 3.93. The van der Waals surface area contributed by atoms with Crippen LogP contribution in [0.2, 0.25) is 0 Å². The van der Waals surface area contributed by atoms with Gasteiger partial charge in [-0.3, -0.25) is 4.79 Å². The molecule has 0 bridgehead atoms. The average Bonchev–Trinajstić information content (AvgIpc) is 2.38. The Morgan fingerprint density at radius 1 is 1.29 bits per heavy atom. The minimum absolute atomic E-state index is 0.197. The number of ether oxygens (including phenoxy) is 2. The maximum absolute atomic E-state index is 11.2. The fourth-order valence-corrected chi connectivity index (χ4v) is 1.73. The Hall–Kier alpha value is -2.30. The number of rotatable bonds is 1. The molecule has 0 spiro atoms. The van der Waals surface area contributed by atoms with Gasteiger partial charge in [0, 0.05) is 6.07 Å². The number of hydrogen-bond donors (Lipinski definition) is 1. The van der Waals surface area contributed by atoms with Crippen molar-refractivity contribution in [2.45, 2.75) is 6.10 Å². The highest BCUT2D eigenvalue weighted by Crippen LogP contribution is 2.34. The Labute approximate surface area is 97.0 Å². The van der Waals surface area contributed by atoms with Crippen LogP contribution < -0.4 is 15.0 Å². The summed E-state index contributed by atoms with van der Waals surface area (Å²) >= 11 is 0. The van der Waals surface area contributed by atoms with Crippen molar-refractivity contribution in [2.24, 2.45) is 0 Å². The van der Waals surface area contributed by atoms with Gasteiger partial charge in [0.1, 0.15) is 6.61 Å². The molecule has 2 heterocycles. The quantitative estimate of drug-likeness (QED) is 0.801. The molecule has 1 aromatic heterocycles. The number of para-hydroxylation sites is 2. The summed E-state index contributed by atoms with van der Waals surface area (Å²) in [6.07, 6.45) is 1.02. The lowest BCUT2D eigenvalue weighted by Crippen LogP contribution is -2.24. The fourth-order valence-electron chi connectivity index (χ4n) is 1.73. The molecule has 0 aliphatic carbocycles. The Morgan fingerprint density at radius 2 is 2.12 bits per heavy atom. The number of nitrogens with zero attached hydrogens (tertiary/aromatic N) is 1. The van der Waals surface area contributed by atoms with E-state index in [1.54, 1.807) is 0 Å². The van der Waals surface area contributed by atoms with Crippen molar-refractivity contribution in [3.05, 3.63) is 52.7 Å². The third kappa shape index (κ3) is 1.87. The molecule has 0 radical (unpaired) electrons. The standard InChI is InChI=1S/C12H10N2O3/c15-12-5-8(13-7-14-12)11-6-16-9-3-1-2-4-10(9)17-11/h1-5,7,11H,6H2,(H,13,14,15)/t11-/m0/s1. The monoisotopic (exact) mass is 230 g/mol. The van der Waals surface area contributed by atoms with Gasteiger partial charge in [0.15, 0.2) is 17.6 Å². The predicted octanol–water partition coefficient (Wildman–Crippen LogP) is 1.28. The SMILES string of the molecule is O=c1cc([C@@H]2COc3ccccc3O2)nc[nH]1. The van der Waals surface area contributed by atoms with E-state index in [9.17, 15) is 4.79 Å². The molecule has 86 valence electrons. The van der Waals surface area contributed by atoms with Gasteiger partial charge in [0.2, 0.25) is 0 Å². The van der Waals surface area contributed by atoms with Gasteiger partial charge in [-0.15, -0.1) is 0 Å². The normalized spacial score (nSPS) is 17.8. The molecule has 0 fully saturated rings. The number of aromatic nitrogens is 2. The third-order valence-corrected chi connectivity index (χ3v) is 2.54. The molecular weight excluding hydrogens is 220 g/mol. The number of benzene rings is 1. The van der Waals surface area contributed by atoms with Crippen LogP contribution in [0, 0.1) is 0 Å². The van der Waals surface area contributed by atoms with Crippen LogP contribution in [0.3, 0.4) is 0 Å². The van der Waals surface area contributed by atoms with Gasteiger partial charge in [0.05, 0.1) is 12.0 Å². The highest BCUT2D eigenvalue weighted by atomic mass is 16.6. The number of hydrogen-bond acceptors (Lipinski definition) is 4. The molecule has 17 heavy (non-hydrogen) atoms. The van der Waals surface area contributed by atoms with Crippen LogP contribution in [-0.2, 0) is 0 Å². The zero-order chi connectivity index (χ0) is 11.7. The lowest BCUT2D eigenvalue weighted by molar-refractivity contribution is 0.0881. The zero-order valence-corrected chi connectivity index (χ0v) is 8.92. The van der Waals surface area contributed by atoms with Crippen molar-refractivity contribution in [3.8, 4) is 11.5 Å². The molecule has 2 aromatic rings. The van der Waals surface area contributed by atoms with Crippen molar-refractivity contribution in [2.75, 3.05) is 6.61 Å². The van der Waals surface area contributed by atoms with E-state index in [2.05, 4.69) is 9.97 Å². The van der Waals surface area contributed by atoms with Crippen LogP contribution in [0.15, 0.2) is 41.5 Å². The molecule has 5 nitrogen and oxygen atoms in total. The topological polar surface area (TPSA) is 64.2 Å². The van der Waals surface area contributed by atoms with E-state index < -0.39 is 0 Å². The second-order valence-electron chi connectivity index (χ2n) is 3.70. The largest absolute Gasteiger partial charge is 0.485 e. The van der Waals surface area contributed by atoms with E-state index >= 15 is 0 Å².